The maximum Gasteiger partial charge on any atom is 0.227 e. The number of rotatable bonds is 3. The van der Waals surface area contributed by atoms with E-state index < -0.39 is 0 Å². The minimum Gasteiger partial charge on any atom is -0.497 e. The first kappa shape index (κ1) is 12.2. The van der Waals surface area contributed by atoms with Crippen molar-refractivity contribution in [3.63, 3.8) is 0 Å². The van der Waals surface area contributed by atoms with Gasteiger partial charge >= 0.3 is 0 Å². The van der Waals surface area contributed by atoms with Crippen LogP contribution in [0.15, 0.2) is 30.3 Å². The van der Waals surface area contributed by atoms with Gasteiger partial charge in [0.1, 0.15) is 11.6 Å². The summed E-state index contributed by atoms with van der Waals surface area (Å²) in [6.07, 6.45) is 0. The zero-order chi connectivity index (χ0) is 13.1. The zero-order valence-electron chi connectivity index (χ0n) is 10.7. The SMILES string of the molecule is COc1cccc(-c2cc(N)nc(N(C)C)n2)c1. The van der Waals surface area contributed by atoms with Gasteiger partial charge in [-0.05, 0) is 12.1 Å². The molecule has 18 heavy (non-hydrogen) atoms. The average Bonchev–Trinajstić information content (AvgIpc) is 2.38. The Bertz CT molecular complexity index is 554. The predicted molar refractivity (Wildman–Crippen MR) is 72.8 cm³/mol. The molecule has 5 heteroatoms. The maximum absolute atomic E-state index is 5.80. The number of hydrogen-bond donors (Lipinski definition) is 1. The van der Waals surface area contributed by atoms with Crippen molar-refractivity contribution < 1.29 is 4.74 Å². The number of nitrogens with zero attached hydrogens (tertiary/aromatic N) is 3. The fourth-order valence-electron chi connectivity index (χ4n) is 1.58. The summed E-state index contributed by atoms with van der Waals surface area (Å²) in [6.45, 7) is 0. The van der Waals surface area contributed by atoms with Crippen LogP contribution in [0.1, 0.15) is 0 Å². The normalized spacial score (nSPS) is 10.2. The Labute approximate surface area is 106 Å². The summed E-state index contributed by atoms with van der Waals surface area (Å²) in [5.74, 6) is 1.83. The van der Waals surface area contributed by atoms with Gasteiger partial charge in [-0.2, -0.15) is 4.98 Å². The summed E-state index contributed by atoms with van der Waals surface area (Å²) in [6, 6.07) is 9.44. The van der Waals surface area contributed by atoms with Gasteiger partial charge in [0.2, 0.25) is 5.95 Å². The predicted octanol–water partition coefficient (Wildman–Crippen LogP) is 1.80. The van der Waals surface area contributed by atoms with Crippen LogP contribution in [-0.4, -0.2) is 31.2 Å². The highest BCUT2D eigenvalue weighted by molar-refractivity contribution is 5.65. The Morgan fingerprint density at radius 3 is 2.61 bits per heavy atom. The van der Waals surface area contributed by atoms with Gasteiger partial charge in [-0.25, -0.2) is 4.98 Å². The molecule has 0 unspecified atom stereocenters. The highest BCUT2D eigenvalue weighted by Gasteiger charge is 2.07. The largest absolute Gasteiger partial charge is 0.497 e. The molecule has 0 aliphatic heterocycles. The fraction of sp³-hybridized carbons (Fsp3) is 0.231. The molecule has 0 aliphatic rings. The van der Waals surface area contributed by atoms with Gasteiger partial charge in [-0.3, -0.25) is 0 Å². The van der Waals surface area contributed by atoms with E-state index in [0.29, 0.717) is 11.8 Å². The number of anilines is 2. The van der Waals surface area contributed by atoms with Crippen molar-refractivity contribution in [1.29, 1.82) is 0 Å². The molecule has 1 aromatic carbocycles. The van der Waals surface area contributed by atoms with Gasteiger partial charge in [-0.1, -0.05) is 12.1 Å². The minimum atomic E-state index is 0.450. The molecule has 94 valence electrons. The highest BCUT2D eigenvalue weighted by Crippen LogP contribution is 2.24. The smallest absolute Gasteiger partial charge is 0.227 e. The number of aromatic nitrogens is 2. The number of hydrogen-bond acceptors (Lipinski definition) is 5. The van der Waals surface area contributed by atoms with Gasteiger partial charge in [0.25, 0.3) is 0 Å². The molecule has 0 aliphatic carbocycles. The van der Waals surface area contributed by atoms with Crippen LogP contribution in [0.2, 0.25) is 0 Å². The molecule has 0 radical (unpaired) electrons. The van der Waals surface area contributed by atoms with Crippen LogP contribution in [0.3, 0.4) is 0 Å². The monoisotopic (exact) mass is 244 g/mol. The Hall–Kier alpha value is -2.30. The fourth-order valence-corrected chi connectivity index (χ4v) is 1.58. The van der Waals surface area contributed by atoms with Crippen LogP contribution >= 0.6 is 0 Å². The highest BCUT2D eigenvalue weighted by atomic mass is 16.5. The molecule has 1 aromatic heterocycles. The summed E-state index contributed by atoms with van der Waals surface area (Å²) in [4.78, 5) is 10.4. The van der Waals surface area contributed by atoms with Crippen molar-refractivity contribution in [1.82, 2.24) is 9.97 Å². The van der Waals surface area contributed by atoms with Crippen molar-refractivity contribution in [2.45, 2.75) is 0 Å². The molecule has 2 aromatic rings. The van der Waals surface area contributed by atoms with E-state index in [1.807, 2.05) is 43.3 Å². The van der Waals surface area contributed by atoms with Crippen molar-refractivity contribution in [3.05, 3.63) is 30.3 Å². The molecule has 0 amide bonds. The van der Waals surface area contributed by atoms with E-state index in [1.165, 1.54) is 0 Å². The molecule has 0 atom stereocenters. The zero-order valence-corrected chi connectivity index (χ0v) is 10.7. The molecule has 2 N–H and O–H groups in total. The van der Waals surface area contributed by atoms with Crippen LogP contribution in [0.5, 0.6) is 5.75 Å². The lowest BCUT2D eigenvalue weighted by Gasteiger charge is -2.12. The third-order valence-corrected chi connectivity index (χ3v) is 2.50. The molecule has 0 saturated heterocycles. The second-order valence-electron chi connectivity index (χ2n) is 4.10. The Kier molecular flexibility index (Phi) is 3.32. The van der Waals surface area contributed by atoms with Crippen LogP contribution in [0.25, 0.3) is 11.3 Å². The summed E-state index contributed by atoms with van der Waals surface area (Å²) < 4.78 is 5.20. The van der Waals surface area contributed by atoms with Crippen molar-refractivity contribution in [2.75, 3.05) is 31.8 Å². The first-order chi connectivity index (χ1) is 8.60. The van der Waals surface area contributed by atoms with Crippen molar-refractivity contribution in [2.24, 2.45) is 0 Å². The quantitative estimate of drug-likeness (QED) is 0.892. The van der Waals surface area contributed by atoms with Gasteiger partial charge in [0, 0.05) is 25.7 Å². The Morgan fingerprint density at radius 2 is 1.94 bits per heavy atom. The van der Waals surface area contributed by atoms with Crippen molar-refractivity contribution >= 4 is 11.8 Å². The van der Waals surface area contributed by atoms with E-state index in [4.69, 9.17) is 10.5 Å². The number of benzene rings is 1. The summed E-state index contributed by atoms with van der Waals surface area (Å²) in [5.41, 5.74) is 7.53. The number of ether oxygens (including phenoxy) is 1. The van der Waals surface area contributed by atoms with Gasteiger partial charge in [-0.15, -0.1) is 0 Å². The molecular formula is C13H16N4O. The van der Waals surface area contributed by atoms with E-state index in [9.17, 15) is 0 Å². The number of methoxy groups -OCH3 is 1. The third-order valence-electron chi connectivity index (χ3n) is 2.50. The molecule has 5 nitrogen and oxygen atoms in total. The third kappa shape index (κ3) is 2.51. The molecule has 0 spiro atoms. The average molecular weight is 244 g/mol. The number of nitrogens with two attached hydrogens (primary N) is 1. The van der Waals surface area contributed by atoms with E-state index >= 15 is 0 Å². The van der Waals surface area contributed by atoms with Crippen LogP contribution in [0, 0.1) is 0 Å². The maximum atomic E-state index is 5.80. The summed E-state index contributed by atoms with van der Waals surface area (Å²) >= 11 is 0. The second-order valence-corrected chi connectivity index (χ2v) is 4.10. The van der Waals surface area contributed by atoms with Gasteiger partial charge in [0.15, 0.2) is 0 Å². The Morgan fingerprint density at radius 1 is 1.17 bits per heavy atom. The molecule has 0 bridgehead atoms. The van der Waals surface area contributed by atoms with Gasteiger partial charge < -0.3 is 15.4 Å². The number of nitrogen functional groups attached to an aromatic ring is 1. The molecule has 0 fully saturated rings. The Balaban J connectivity index is 2.49. The van der Waals surface area contributed by atoms with E-state index in [1.54, 1.807) is 13.2 Å². The molecular weight excluding hydrogens is 228 g/mol. The van der Waals surface area contributed by atoms with E-state index in [0.717, 1.165) is 17.0 Å². The summed E-state index contributed by atoms with van der Waals surface area (Å²) in [7, 11) is 5.40. The van der Waals surface area contributed by atoms with E-state index in [-0.39, 0.29) is 0 Å². The van der Waals surface area contributed by atoms with Gasteiger partial charge in [0.05, 0.1) is 12.8 Å². The van der Waals surface area contributed by atoms with Crippen LogP contribution < -0.4 is 15.4 Å². The summed E-state index contributed by atoms with van der Waals surface area (Å²) in [5, 5.41) is 0. The lowest BCUT2D eigenvalue weighted by atomic mass is 10.1. The first-order valence-electron chi connectivity index (χ1n) is 5.56. The minimum absolute atomic E-state index is 0.450. The van der Waals surface area contributed by atoms with Crippen molar-refractivity contribution in [3.8, 4) is 17.0 Å². The van der Waals surface area contributed by atoms with E-state index in [2.05, 4.69) is 9.97 Å². The van der Waals surface area contributed by atoms with Crippen LogP contribution in [-0.2, 0) is 0 Å². The standard InChI is InChI=1S/C13H16N4O/c1-17(2)13-15-11(8-12(14)16-13)9-5-4-6-10(7-9)18-3/h4-8H,1-3H3,(H2,14,15,16). The van der Waals surface area contributed by atoms with Crippen LogP contribution in [0.4, 0.5) is 11.8 Å². The molecule has 0 saturated carbocycles. The lowest BCUT2D eigenvalue weighted by molar-refractivity contribution is 0.415. The lowest BCUT2D eigenvalue weighted by Crippen LogP contribution is -2.14. The first-order valence-corrected chi connectivity index (χ1v) is 5.56. The molecule has 2 rings (SSSR count). The topological polar surface area (TPSA) is 64.3 Å². The molecule has 1 heterocycles. The second kappa shape index (κ2) is 4.91.